The predicted molar refractivity (Wildman–Crippen MR) is 90.9 cm³/mol. The van der Waals surface area contributed by atoms with Gasteiger partial charge in [0.1, 0.15) is 0 Å². The molecule has 2 heterocycles. The number of aryl methyl sites for hydroxylation is 1. The van der Waals surface area contributed by atoms with Crippen molar-refractivity contribution >= 4 is 5.91 Å². The van der Waals surface area contributed by atoms with E-state index in [1.165, 1.54) is 6.42 Å². The van der Waals surface area contributed by atoms with Crippen molar-refractivity contribution in [2.24, 2.45) is 0 Å². The first kappa shape index (κ1) is 15.7. The van der Waals surface area contributed by atoms with Crippen LogP contribution in [-0.2, 0) is 11.2 Å². The van der Waals surface area contributed by atoms with Gasteiger partial charge in [0.05, 0.1) is 6.42 Å². The molecule has 1 saturated heterocycles. The lowest BCUT2D eigenvalue weighted by Crippen LogP contribution is -2.42. The highest BCUT2D eigenvalue weighted by molar-refractivity contribution is 5.79. The van der Waals surface area contributed by atoms with Crippen molar-refractivity contribution in [3.8, 4) is 11.4 Å². The van der Waals surface area contributed by atoms with E-state index in [4.69, 9.17) is 0 Å². The number of benzene rings is 1. The Kier molecular flexibility index (Phi) is 4.70. The van der Waals surface area contributed by atoms with Crippen LogP contribution in [0.4, 0.5) is 0 Å². The van der Waals surface area contributed by atoms with Crippen molar-refractivity contribution in [3.63, 3.8) is 0 Å². The first-order valence-electron chi connectivity index (χ1n) is 8.31. The topological polar surface area (TPSA) is 46.1 Å². The van der Waals surface area contributed by atoms with Crippen molar-refractivity contribution < 1.29 is 4.79 Å². The second-order valence-corrected chi connectivity index (χ2v) is 6.39. The summed E-state index contributed by atoms with van der Waals surface area (Å²) in [5, 5.41) is 0. The largest absolute Gasteiger partial charge is 0.340 e. The molecule has 1 aliphatic rings. The average molecular weight is 309 g/mol. The molecule has 1 aromatic heterocycles. The highest BCUT2D eigenvalue weighted by Crippen LogP contribution is 2.20. The Balaban J connectivity index is 1.74. The van der Waals surface area contributed by atoms with Gasteiger partial charge in [0.2, 0.25) is 5.91 Å². The Morgan fingerprint density at radius 3 is 2.78 bits per heavy atom. The minimum Gasteiger partial charge on any atom is -0.340 e. The molecule has 2 aromatic rings. The summed E-state index contributed by atoms with van der Waals surface area (Å²) < 4.78 is 0. The van der Waals surface area contributed by atoms with Crippen LogP contribution < -0.4 is 0 Å². The van der Waals surface area contributed by atoms with E-state index in [1.807, 2.05) is 48.5 Å². The molecule has 4 nitrogen and oxygen atoms in total. The molecule has 0 N–H and O–H groups in total. The average Bonchev–Trinajstić information content (AvgIpc) is 2.56. The number of piperidine rings is 1. The maximum Gasteiger partial charge on any atom is 0.227 e. The highest BCUT2D eigenvalue weighted by atomic mass is 16.2. The summed E-state index contributed by atoms with van der Waals surface area (Å²) in [6.45, 7) is 5.01. The normalized spacial score (nSPS) is 18.0. The van der Waals surface area contributed by atoms with Crippen LogP contribution in [0, 0.1) is 6.92 Å². The van der Waals surface area contributed by atoms with Gasteiger partial charge in [0.25, 0.3) is 0 Å². The van der Waals surface area contributed by atoms with Gasteiger partial charge in [-0.1, -0.05) is 18.2 Å². The lowest BCUT2D eigenvalue weighted by molar-refractivity contribution is -0.133. The monoisotopic (exact) mass is 309 g/mol. The van der Waals surface area contributed by atoms with Crippen LogP contribution in [0.2, 0.25) is 0 Å². The number of aromatic nitrogens is 2. The van der Waals surface area contributed by atoms with E-state index in [0.717, 1.165) is 36.1 Å². The summed E-state index contributed by atoms with van der Waals surface area (Å²) >= 11 is 0. The molecule has 1 aromatic carbocycles. The highest BCUT2D eigenvalue weighted by Gasteiger charge is 2.23. The SMILES string of the molecule is Cc1cnc(-c2cccc(CC(=O)N3CCCC[C@@H]3C)c2)nc1. The van der Waals surface area contributed by atoms with Gasteiger partial charge in [-0.25, -0.2) is 9.97 Å². The molecular weight excluding hydrogens is 286 g/mol. The molecule has 0 bridgehead atoms. The summed E-state index contributed by atoms with van der Waals surface area (Å²) in [6, 6.07) is 8.35. The van der Waals surface area contributed by atoms with Crippen LogP contribution in [0.15, 0.2) is 36.7 Å². The lowest BCUT2D eigenvalue weighted by Gasteiger charge is -2.33. The third-order valence-electron chi connectivity index (χ3n) is 4.44. The van der Waals surface area contributed by atoms with Gasteiger partial charge in [0.15, 0.2) is 5.82 Å². The number of carbonyl (C=O) groups is 1. The summed E-state index contributed by atoms with van der Waals surface area (Å²) in [4.78, 5) is 23.3. The Labute approximate surface area is 137 Å². The van der Waals surface area contributed by atoms with E-state index >= 15 is 0 Å². The molecule has 1 atom stereocenters. The van der Waals surface area contributed by atoms with E-state index in [2.05, 4.69) is 16.9 Å². The van der Waals surface area contributed by atoms with Gasteiger partial charge >= 0.3 is 0 Å². The molecule has 4 heteroatoms. The van der Waals surface area contributed by atoms with Crippen LogP contribution in [0.1, 0.15) is 37.3 Å². The van der Waals surface area contributed by atoms with Crippen molar-refractivity contribution in [1.29, 1.82) is 0 Å². The van der Waals surface area contributed by atoms with Gasteiger partial charge < -0.3 is 4.90 Å². The van der Waals surface area contributed by atoms with E-state index in [0.29, 0.717) is 18.3 Å². The molecule has 0 saturated carbocycles. The van der Waals surface area contributed by atoms with Crippen LogP contribution in [0.25, 0.3) is 11.4 Å². The molecule has 1 aliphatic heterocycles. The third-order valence-corrected chi connectivity index (χ3v) is 4.44. The Hall–Kier alpha value is -2.23. The fourth-order valence-corrected chi connectivity index (χ4v) is 3.11. The Morgan fingerprint density at radius 1 is 1.26 bits per heavy atom. The smallest absolute Gasteiger partial charge is 0.227 e. The molecular formula is C19H23N3O. The van der Waals surface area contributed by atoms with E-state index in [-0.39, 0.29) is 5.91 Å². The number of nitrogens with zero attached hydrogens (tertiary/aromatic N) is 3. The Morgan fingerprint density at radius 2 is 2.04 bits per heavy atom. The van der Waals surface area contributed by atoms with Gasteiger partial charge in [-0.2, -0.15) is 0 Å². The fraction of sp³-hybridized carbons (Fsp3) is 0.421. The van der Waals surface area contributed by atoms with Crippen LogP contribution in [0.3, 0.4) is 0 Å². The lowest BCUT2D eigenvalue weighted by atomic mass is 10.0. The molecule has 0 unspecified atom stereocenters. The van der Waals surface area contributed by atoms with Crippen molar-refractivity contribution in [2.45, 2.75) is 45.6 Å². The summed E-state index contributed by atoms with van der Waals surface area (Å²) in [5.41, 5.74) is 3.02. The van der Waals surface area contributed by atoms with Gasteiger partial charge in [-0.3, -0.25) is 4.79 Å². The number of hydrogen-bond acceptors (Lipinski definition) is 3. The minimum atomic E-state index is 0.221. The van der Waals surface area contributed by atoms with E-state index in [1.54, 1.807) is 0 Å². The number of rotatable bonds is 3. The van der Waals surface area contributed by atoms with Crippen molar-refractivity contribution in [2.75, 3.05) is 6.54 Å². The zero-order valence-corrected chi connectivity index (χ0v) is 13.8. The molecule has 0 radical (unpaired) electrons. The van der Waals surface area contributed by atoms with Gasteiger partial charge in [0, 0.05) is 30.5 Å². The second-order valence-electron chi connectivity index (χ2n) is 6.39. The van der Waals surface area contributed by atoms with E-state index in [9.17, 15) is 4.79 Å². The molecule has 3 rings (SSSR count). The van der Waals surface area contributed by atoms with Crippen LogP contribution in [0.5, 0.6) is 0 Å². The molecule has 23 heavy (non-hydrogen) atoms. The number of carbonyl (C=O) groups excluding carboxylic acids is 1. The van der Waals surface area contributed by atoms with Crippen molar-refractivity contribution in [3.05, 3.63) is 47.8 Å². The van der Waals surface area contributed by atoms with Crippen molar-refractivity contribution in [1.82, 2.24) is 14.9 Å². The molecule has 120 valence electrons. The molecule has 0 spiro atoms. The second kappa shape index (κ2) is 6.90. The zero-order valence-electron chi connectivity index (χ0n) is 13.8. The summed E-state index contributed by atoms with van der Waals surface area (Å²) in [7, 11) is 0. The fourth-order valence-electron chi connectivity index (χ4n) is 3.11. The first-order chi connectivity index (χ1) is 11.1. The third kappa shape index (κ3) is 3.76. The Bertz CT molecular complexity index is 681. The quantitative estimate of drug-likeness (QED) is 0.873. The molecule has 1 amide bonds. The van der Waals surface area contributed by atoms with Gasteiger partial charge in [-0.05, 0) is 50.3 Å². The van der Waals surface area contributed by atoms with E-state index < -0.39 is 0 Å². The number of amides is 1. The minimum absolute atomic E-state index is 0.221. The maximum absolute atomic E-state index is 12.6. The number of hydrogen-bond donors (Lipinski definition) is 0. The number of likely N-dealkylation sites (tertiary alicyclic amines) is 1. The van der Waals surface area contributed by atoms with Gasteiger partial charge in [-0.15, -0.1) is 0 Å². The van der Waals surface area contributed by atoms with Crippen LogP contribution >= 0.6 is 0 Å². The molecule has 1 fully saturated rings. The predicted octanol–water partition coefficient (Wildman–Crippen LogP) is 3.40. The first-order valence-corrected chi connectivity index (χ1v) is 8.31. The maximum atomic E-state index is 12.6. The van der Waals surface area contributed by atoms with Crippen LogP contribution in [-0.4, -0.2) is 33.4 Å². The zero-order chi connectivity index (χ0) is 16.2. The molecule has 0 aliphatic carbocycles. The standard InChI is InChI=1S/C19H23N3O/c1-14-12-20-19(21-13-14)17-8-5-7-16(10-17)11-18(23)22-9-4-3-6-15(22)2/h5,7-8,10,12-13,15H,3-4,6,9,11H2,1-2H3/t15-/m0/s1. The summed E-state index contributed by atoms with van der Waals surface area (Å²) in [5.74, 6) is 0.926. The summed E-state index contributed by atoms with van der Waals surface area (Å²) in [6.07, 6.45) is 7.54.